The van der Waals surface area contributed by atoms with E-state index in [0.29, 0.717) is 37.7 Å². The molecule has 9 heterocycles. The molecular weight excluding hydrogens is 1120 g/mol. The number of piperidine rings is 1. The number of halogens is 4. The van der Waals surface area contributed by atoms with Crippen molar-refractivity contribution in [2.45, 2.75) is 72.5 Å². The average molecular weight is 1200 g/mol. The lowest BCUT2D eigenvalue weighted by atomic mass is 9.96. The van der Waals surface area contributed by atoms with Gasteiger partial charge in [0.1, 0.15) is 0 Å². The molecule has 21 heteroatoms. The van der Waals surface area contributed by atoms with Gasteiger partial charge >= 0.3 is 0 Å². The van der Waals surface area contributed by atoms with Gasteiger partial charge in [0, 0.05) is 215 Å². The molecule has 0 spiro atoms. The summed E-state index contributed by atoms with van der Waals surface area (Å²) in [6, 6.07) is 22.1. The molecule has 4 aromatic carbocycles. The quantitative estimate of drug-likeness (QED) is 0.164. The molecule has 6 aliphatic rings. The lowest BCUT2D eigenvalue weighted by Crippen LogP contribution is -2.60. The first-order chi connectivity index (χ1) is 38.8. The maximum absolute atomic E-state index is 11.8. The van der Waals surface area contributed by atoms with Gasteiger partial charge in [0.15, 0.2) is 0 Å². The number of hydrogen-bond acceptors (Lipinski definition) is 12. The van der Waals surface area contributed by atoms with Crippen LogP contribution >= 0.6 is 46.4 Å². The summed E-state index contributed by atoms with van der Waals surface area (Å²) >= 11 is 24.9. The Morgan fingerprint density at radius 1 is 0.556 bits per heavy atom. The number of amides is 1. The molecule has 2 N–H and O–H groups in total. The first kappa shape index (κ1) is 58.1. The molecule has 13 rings (SSSR count). The van der Waals surface area contributed by atoms with Crippen molar-refractivity contribution >= 4 is 124 Å². The predicted octanol–water partition coefficient (Wildman–Crippen LogP) is 11.6. The zero-order valence-electron chi connectivity index (χ0n) is 47.0. The third kappa shape index (κ3) is 13.2. The second-order valence-electron chi connectivity index (χ2n) is 22.1. The standard InChI is InChI=1S/C17H22ClN3O.C16H16ClN5.C14H18ClN3O2S.C13H15ClN2/c1-11-14-7-13(18)8-16(15(14)9-19-11)20-5-6-21(12(2)22)17(3,4)10-20;17-12-10-14-13(2-5-18-14)15(11-12)21-6-8-22(9-7-21)16-19-3-1-4-20-16;1-10-12-7-11(15)8-14(13(12)9-16-10)17-3-5-18(6-4-17)21(2,19)20;14-10-8-12-11(4-5-15-12)13(9-10)16-6-2-1-3-7-16/h7-8H,5-6,9-10H2,1-4H3;1-5,10-11,18H,6-9H2;7-8H,3-6,9H2,1-2H3;4-5,8-9,15H,1-3,6-7H2. The molecule has 0 unspecified atom stereocenters. The number of hydrogen-bond donors (Lipinski definition) is 2. The molecule has 0 saturated carbocycles. The first-order valence-electron chi connectivity index (χ1n) is 27.8. The summed E-state index contributed by atoms with van der Waals surface area (Å²) in [5.74, 6) is 0.945. The fraction of sp³-hybridized carbons (Fsp3) is 0.417. The lowest BCUT2D eigenvalue weighted by molar-refractivity contribution is -0.134. The van der Waals surface area contributed by atoms with E-state index in [2.05, 4.69) is 86.5 Å². The van der Waals surface area contributed by atoms with Crippen LogP contribution in [0.1, 0.15) is 76.1 Å². The molecule has 6 aliphatic heterocycles. The molecule has 428 valence electrons. The van der Waals surface area contributed by atoms with Crippen LogP contribution in [0.15, 0.2) is 102 Å². The topological polar surface area (TPSA) is 156 Å². The molecule has 1 amide bonds. The van der Waals surface area contributed by atoms with Crippen LogP contribution in [0.4, 0.5) is 28.7 Å². The second-order valence-corrected chi connectivity index (χ2v) is 25.8. The molecular formula is C60H71Cl4N13O3S. The summed E-state index contributed by atoms with van der Waals surface area (Å²) in [6.07, 6.45) is 12.7. The van der Waals surface area contributed by atoms with Crippen LogP contribution in [-0.2, 0) is 27.9 Å². The summed E-state index contributed by atoms with van der Waals surface area (Å²) in [4.78, 5) is 49.5. The third-order valence-electron chi connectivity index (χ3n) is 16.2. The van der Waals surface area contributed by atoms with Crippen molar-refractivity contribution in [2.75, 3.05) is 116 Å². The number of piperazine rings is 3. The Balaban J connectivity index is 0.000000122. The average Bonchev–Trinajstić information content (AvgIpc) is 4.36. The largest absolute Gasteiger partial charge is 0.371 e. The highest BCUT2D eigenvalue weighted by molar-refractivity contribution is 7.88. The van der Waals surface area contributed by atoms with Gasteiger partial charge in [-0.25, -0.2) is 18.4 Å². The Morgan fingerprint density at radius 2 is 0.988 bits per heavy atom. The van der Waals surface area contributed by atoms with Gasteiger partial charge in [-0.15, -0.1) is 0 Å². The van der Waals surface area contributed by atoms with E-state index in [0.717, 1.165) is 126 Å². The van der Waals surface area contributed by atoms with Crippen molar-refractivity contribution in [3.05, 3.63) is 134 Å². The highest BCUT2D eigenvalue weighted by atomic mass is 35.5. The number of aliphatic imine (C=N–C) groups is 2. The second kappa shape index (κ2) is 24.8. The van der Waals surface area contributed by atoms with Gasteiger partial charge in [-0.1, -0.05) is 46.4 Å². The van der Waals surface area contributed by atoms with Crippen LogP contribution < -0.4 is 24.5 Å². The number of nitrogens with zero attached hydrogens (tertiary/aromatic N) is 11. The molecule has 0 aliphatic carbocycles. The van der Waals surface area contributed by atoms with Gasteiger partial charge in [-0.3, -0.25) is 14.8 Å². The van der Waals surface area contributed by atoms with Crippen LogP contribution in [-0.4, -0.2) is 152 Å². The highest BCUT2D eigenvalue weighted by Gasteiger charge is 2.37. The molecule has 4 saturated heterocycles. The molecule has 4 fully saturated rings. The summed E-state index contributed by atoms with van der Waals surface area (Å²) in [5, 5.41) is 5.53. The van der Waals surface area contributed by atoms with Crippen LogP contribution in [0.2, 0.25) is 20.1 Å². The maximum Gasteiger partial charge on any atom is 0.225 e. The van der Waals surface area contributed by atoms with Crippen LogP contribution in [0.3, 0.4) is 0 Å². The van der Waals surface area contributed by atoms with Crippen molar-refractivity contribution in [1.29, 1.82) is 0 Å². The van der Waals surface area contributed by atoms with Crippen LogP contribution in [0.5, 0.6) is 0 Å². The van der Waals surface area contributed by atoms with Gasteiger partial charge in [-0.05, 0) is 114 Å². The van der Waals surface area contributed by atoms with E-state index in [1.807, 2.05) is 79.7 Å². The molecule has 7 aromatic rings. The molecule has 0 atom stereocenters. The highest BCUT2D eigenvalue weighted by Crippen LogP contribution is 2.38. The predicted molar refractivity (Wildman–Crippen MR) is 336 cm³/mol. The van der Waals surface area contributed by atoms with E-state index in [4.69, 9.17) is 46.4 Å². The fourth-order valence-electron chi connectivity index (χ4n) is 12.0. The number of rotatable bonds is 6. The molecule has 0 bridgehead atoms. The minimum Gasteiger partial charge on any atom is -0.371 e. The lowest BCUT2D eigenvalue weighted by Gasteiger charge is -2.48. The summed E-state index contributed by atoms with van der Waals surface area (Å²) in [7, 11) is -3.10. The summed E-state index contributed by atoms with van der Waals surface area (Å²) < 4.78 is 24.7. The van der Waals surface area contributed by atoms with E-state index in [1.54, 1.807) is 19.3 Å². The first-order valence-corrected chi connectivity index (χ1v) is 31.1. The number of aromatic amines is 2. The number of carbonyl (C=O) groups excluding carboxylic acids is 1. The maximum atomic E-state index is 11.8. The van der Waals surface area contributed by atoms with Crippen LogP contribution in [0, 0.1) is 0 Å². The van der Waals surface area contributed by atoms with Gasteiger partial charge in [0.2, 0.25) is 21.9 Å². The normalized spacial score (nSPS) is 18.0. The number of anilines is 5. The van der Waals surface area contributed by atoms with Gasteiger partial charge in [-0.2, -0.15) is 4.31 Å². The van der Waals surface area contributed by atoms with Crippen molar-refractivity contribution in [3.8, 4) is 0 Å². The van der Waals surface area contributed by atoms with E-state index < -0.39 is 10.0 Å². The number of aromatic nitrogens is 4. The number of benzene rings is 4. The van der Waals surface area contributed by atoms with Crippen molar-refractivity contribution in [2.24, 2.45) is 9.98 Å². The summed E-state index contributed by atoms with van der Waals surface area (Å²) in [5.41, 5.74) is 13.6. The Hall–Kier alpha value is -6.08. The smallest absolute Gasteiger partial charge is 0.225 e. The zero-order chi connectivity index (χ0) is 57.2. The Morgan fingerprint density at radius 3 is 1.48 bits per heavy atom. The van der Waals surface area contributed by atoms with Gasteiger partial charge in [0.25, 0.3) is 0 Å². The fourth-order valence-corrected chi connectivity index (χ4v) is 13.7. The van der Waals surface area contributed by atoms with E-state index in [-0.39, 0.29) is 11.4 Å². The van der Waals surface area contributed by atoms with E-state index in [1.165, 1.54) is 68.8 Å². The van der Waals surface area contributed by atoms with Crippen molar-refractivity contribution < 1.29 is 13.2 Å². The monoisotopic (exact) mass is 1190 g/mol. The zero-order valence-corrected chi connectivity index (χ0v) is 50.8. The Bertz CT molecular complexity index is 3590. The molecule has 0 radical (unpaired) electrons. The summed E-state index contributed by atoms with van der Waals surface area (Å²) in [6.45, 7) is 22.0. The number of fused-ring (bicyclic) bond motifs is 4. The number of H-pyrrole nitrogens is 2. The molecule has 3 aromatic heterocycles. The Labute approximate surface area is 495 Å². The number of sulfonamides is 1. The molecule has 81 heavy (non-hydrogen) atoms. The minimum absolute atomic E-state index is 0.139. The van der Waals surface area contributed by atoms with Crippen LogP contribution in [0.25, 0.3) is 21.8 Å². The van der Waals surface area contributed by atoms with Gasteiger partial charge < -0.3 is 39.4 Å². The number of carbonyl (C=O) groups is 1. The van der Waals surface area contributed by atoms with Gasteiger partial charge in [0.05, 0.1) is 24.9 Å². The number of nitrogens with one attached hydrogen (secondary N) is 2. The van der Waals surface area contributed by atoms with E-state index >= 15 is 0 Å². The Kier molecular flexibility index (Phi) is 17.8. The minimum atomic E-state index is -3.10. The SMILES string of the molecule is CC(=O)N1CCN(c2cc(Cl)cc3c2CN=C3C)CC1(C)C.CC1=NCc2c1cc(Cl)cc2N1CCN(S(C)(=O)=O)CC1.Clc1cc(N2CCCCC2)c2cc[nH]c2c1.Clc1cc(N2CCN(c3ncccn3)CC2)c2cc[nH]c2c1. The third-order valence-corrected chi connectivity index (χ3v) is 18.3. The van der Waals surface area contributed by atoms with Crippen molar-refractivity contribution in [3.63, 3.8) is 0 Å². The van der Waals surface area contributed by atoms with Crippen molar-refractivity contribution in [1.82, 2.24) is 29.1 Å². The van der Waals surface area contributed by atoms with E-state index in [9.17, 15) is 13.2 Å². The molecule has 16 nitrogen and oxygen atoms in total.